The van der Waals surface area contributed by atoms with Crippen LogP contribution in [-0.4, -0.2) is 53.6 Å². The van der Waals surface area contributed by atoms with Gasteiger partial charge in [0.2, 0.25) is 0 Å². The lowest BCUT2D eigenvalue weighted by Crippen LogP contribution is -2.53. The second-order valence-electron chi connectivity index (χ2n) is 4.59. The van der Waals surface area contributed by atoms with Crippen molar-refractivity contribution in [1.29, 1.82) is 0 Å². The van der Waals surface area contributed by atoms with E-state index in [0.29, 0.717) is 13.2 Å². The number of carboxylic acid groups (broad SMARTS) is 1. The van der Waals surface area contributed by atoms with Gasteiger partial charge in [-0.25, -0.2) is 9.59 Å². The molecule has 18 heavy (non-hydrogen) atoms. The molecule has 7 nitrogen and oxygen atoms in total. The summed E-state index contributed by atoms with van der Waals surface area (Å²) in [5.74, 6) is -1.03. The quantitative estimate of drug-likeness (QED) is 0.535. The first-order valence-electron chi connectivity index (χ1n) is 5.97. The van der Waals surface area contributed by atoms with Crippen LogP contribution in [-0.2, 0) is 9.53 Å². The Morgan fingerprint density at radius 1 is 1.33 bits per heavy atom. The maximum Gasteiger partial charge on any atom is 0.328 e. The molecule has 1 aliphatic heterocycles. The smallest absolute Gasteiger partial charge is 0.328 e. The number of amides is 2. The Morgan fingerprint density at radius 2 is 2.00 bits per heavy atom. The molecule has 7 heteroatoms. The summed E-state index contributed by atoms with van der Waals surface area (Å²) in [6, 6.07) is -2.00. The molecule has 2 amide bonds. The number of aliphatic hydroxyl groups is 1. The van der Waals surface area contributed by atoms with Gasteiger partial charge in [0.15, 0.2) is 6.04 Å². The van der Waals surface area contributed by atoms with Crippen molar-refractivity contribution in [2.24, 2.45) is 5.92 Å². The Labute approximate surface area is 106 Å². The first-order chi connectivity index (χ1) is 8.41. The van der Waals surface area contributed by atoms with Crippen LogP contribution < -0.4 is 10.6 Å². The minimum absolute atomic E-state index is 0.101. The van der Waals surface area contributed by atoms with Crippen LogP contribution in [0.2, 0.25) is 0 Å². The summed E-state index contributed by atoms with van der Waals surface area (Å²) in [5.41, 5.74) is 0. The van der Waals surface area contributed by atoms with Crippen molar-refractivity contribution in [3.05, 3.63) is 0 Å². The Hall–Kier alpha value is -1.34. The Morgan fingerprint density at radius 3 is 2.44 bits per heavy atom. The predicted octanol–water partition coefficient (Wildman–Crippen LogP) is -0.455. The molecule has 1 aliphatic rings. The van der Waals surface area contributed by atoms with Gasteiger partial charge in [0.05, 0.1) is 12.7 Å². The van der Waals surface area contributed by atoms with E-state index < -0.39 is 24.1 Å². The molecule has 0 spiro atoms. The molecule has 1 heterocycles. The van der Waals surface area contributed by atoms with Crippen molar-refractivity contribution in [3.8, 4) is 0 Å². The highest BCUT2D eigenvalue weighted by Gasteiger charge is 2.27. The number of rotatable bonds is 5. The zero-order chi connectivity index (χ0) is 13.7. The van der Waals surface area contributed by atoms with E-state index >= 15 is 0 Å². The lowest BCUT2D eigenvalue weighted by Gasteiger charge is -2.22. The fraction of sp³-hybridized carbons (Fsp3) is 0.818. The second-order valence-corrected chi connectivity index (χ2v) is 4.59. The maximum atomic E-state index is 11.6. The normalized spacial score (nSPS) is 24.1. The zero-order valence-electron chi connectivity index (χ0n) is 10.5. The van der Waals surface area contributed by atoms with Crippen LogP contribution in [0.1, 0.15) is 20.3 Å². The van der Waals surface area contributed by atoms with Gasteiger partial charge in [0.1, 0.15) is 0 Å². The molecule has 0 aromatic heterocycles. The van der Waals surface area contributed by atoms with Crippen LogP contribution in [0, 0.1) is 5.92 Å². The molecular weight excluding hydrogens is 240 g/mol. The predicted molar refractivity (Wildman–Crippen MR) is 63.2 cm³/mol. The Kier molecular flexibility index (Phi) is 5.36. The molecule has 0 radical (unpaired) electrons. The summed E-state index contributed by atoms with van der Waals surface area (Å²) < 4.78 is 5.21. The summed E-state index contributed by atoms with van der Waals surface area (Å²) in [5, 5.41) is 22.9. The van der Waals surface area contributed by atoms with Gasteiger partial charge < -0.3 is 25.6 Å². The molecule has 0 saturated carbocycles. The lowest BCUT2D eigenvalue weighted by atomic mass is 10.0. The third-order valence-electron chi connectivity index (χ3n) is 3.07. The van der Waals surface area contributed by atoms with Crippen LogP contribution in [0.5, 0.6) is 0 Å². The number of urea groups is 1. The molecule has 0 bridgehead atoms. The standard InChI is InChI=1S/C11H20N2O5/c1-6(8-3-4-18-5-8)12-11(17)13-9(7(2)14)10(15)16/h6-9,14H,3-5H2,1-2H3,(H,15,16)(H2,12,13,17). The highest BCUT2D eigenvalue weighted by Crippen LogP contribution is 2.16. The van der Waals surface area contributed by atoms with Crippen LogP contribution >= 0.6 is 0 Å². The summed E-state index contributed by atoms with van der Waals surface area (Å²) >= 11 is 0. The van der Waals surface area contributed by atoms with E-state index in [-0.39, 0.29) is 12.0 Å². The largest absolute Gasteiger partial charge is 0.480 e. The number of carboxylic acids is 1. The molecule has 4 atom stereocenters. The molecule has 4 N–H and O–H groups in total. The van der Waals surface area contributed by atoms with E-state index in [1.165, 1.54) is 6.92 Å². The van der Waals surface area contributed by atoms with E-state index in [1.807, 2.05) is 6.92 Å². The van der Waals surface area contributed by atoms with Gasteiger partial charge >= 0.3 is 12.0 Å². The number of carbonyl (C=O) groups excluding carboxylic acids is 1. The van der Waals surface area contributed by atoms with Crippen LogP contribution in [0.25, 0.3) is 0 Å². The molecule has 1 rings (SSSR count). The average molecular weight is 260 g/mol. The Balaban J connectivity index is 2.42. The summed E-state index contributed by atoms with van der Waals surface area (Å²) in [6.07, 6.45) is -0.279. The molecule has 0 aromatic carbocycles. The van der Waals surface area contributed by atoms with E-state index in [1.54, 1.807) is 0 Å². The van der Waals surface area contributed by atoms with E-state index in [4.69, 9.17) is 9.84 Å². The number of aliphatic carboxylic acids is 1. The highest BCUT2D eigenvalue weighted by molar-refractivity contribution is 5.83. The number of hydrogen-bond acceptors (Lipinski definition) is 4. The molecular formula is C11H20N2O5. The lowest BCUT2D eigenvalue weighted by molar-refractivity contribution is -0.141. The molecule has 0 aromatic rings. The van der Waals surface area contributed by atoms with Crippen molar-refractivity contribution in [1.82, 2.24) is 10.6 Å². The maximum absolute atomic E-state index is 11.6. The molecule has 4 unspecified atom stereocenters. The van der Waals surface area contributed by atoms with Crippen molar-refractivity contribution in [2.45, 2.75) is 38.5 Å². The monoisotopic (exact) mass is 260 g/mol. The summed E-state index contributed by atoms with van der Waals surface area (Å²) in [4.78, 5) is 22.4. The van der Waals surface area contributed by atoms with Crippen molar-refractivity contribution in [2.75, 3.05) is 13.2 Å². The molecule has 104 valence electrons. The topological polar surface area (TPSA) is 108 Å². The van der Waals surface area contributed by atoms with Gasteiger partial charge in [-0.3, -0.25) is 0 Å². The zero-order valence-corrected chi connectivity index (χ0v) is 10.5. The number of nitrogens with one attached hydrogen (secondary N) is 2. The summed E-state index contributed by atoms with van der Waals surface area (Å²) in [7, 11) is 0. The minimum atomic E-state index is -1.31. The van der Waals surface area contributed by atoms with E-state index in [0.717, 1.165) is 6.42 Å². The fourth-order valence-corrected chi connectivity index (χ4v) is 1.84. The number of hydrogen-bond donors (Lipinski definition) is 4. The minimum Gasteiger partial charge on any atom is -0.480 e. The summed E-state index contributed by atoms with van der Waals surface area (Å²) in [6.45, 7) is 4.44. The Bertz CT molecular complexity index is 302. The van der Waals surface area contributed by atoms with Gasteiger partial charge in [0.25, 0.3) is 0 Å². The van der Waals surface area contributed by atoms with Crippen LogP contribution in [0.15, 0.2) is 0 Å². The second kappa shape index (κ2) is 6.55. The average Bonchev–Trinajstić information content (AvgIpc) is 2.78. The first-order valence-corrected chi connectivity index (χ1v) is 5.97. The van der Waals surface area contributed by atoms with Gasteiger partial charge in [-0.15, -0.1) is 0 Å². The molecule has 1 fully saturated rings. The van der Waals surface area contributed by atoms with E-state index in [9.17, 15) is 14.7 Å². The highest BCUT2D eigenvalue weighted by atomic mass is 16.5. The van der Waals surface area contributed by atoms with Crippen molar-refractivity contribution < 1.29 is 24.5 Å². The van der Waals surface area contributed by atoms with Gasteiger partial charge in [-0.05, 0) is 20.3 Å². The fourth-order valence-electron chi connectivity index (χ4n) is 1.84. The first kappa shape index (κ1) is 14.7. The third-order valence-corrected chi connectivity index (χ3v) is 3.07. The number of carbonyl (C=O) groups is 2. The molecule has 1 saturated heterocycles. The van der Waals surface area contributed by atoms with Crippen molar-refractivity contribution in [3.63, 3.8) is 0 Å². The number of aliphatic hydroxyl groups excluding tert-OH is 1. The van der Waals surface area contributed by atoms with Crippen molar-refractivity contribution >= 4 is 12.0 Å². The molecule has 0 aliphatic carbocycles. The van der Waals surface area contributed by atoms with Crippen LogP contribution in [0.4, 0.5) is 4.79 Å². The van der Waals surface area contributed by atoms with Gasteiger partial charge in [-0.1, -0.05) is 0 Å². The third kappa shape index (κ3) is 4.15. The van der Waals surface area contributed by atoms with Gasteiger partial charge in [0, 0.05) is 18.6 Å². The van der Waals surface area contributed by atoms with Gasteiger partial charge in [-0.2, -0.15) is 0 Å². The SMILES string of the molecule is CC(O)C(NC(=O)NC(C)C1CCOC1)C(=O)O. The van der Waals surface area contributed by atoms with E-state index in [2.05, 4.69) is 10.6 Å². The number of ether oxygens (including phenoxy) is 1. The van der Waals surface area contributed by atoms with Crippen LogP contribution in [0.3, 0.4) is 0 Å².